The van der Waals surface area contributed by atoms with E-state index in [1.54, 1.807) is 0 Å². The zero-order valence-corrected chi connectivity index (χ0v) is 11.5. The highest BCUT2D eigenvalue weighted by Crippen LogP contribution is 2.26. The number of hydrogen-bond acceptors (Lipinski definition) is 2. The van der Waals surface area contributed by atoms with Gasteiger partial charge < -0.3 is 9.67 Å². The first-order chi connectivity index (χ1) is 9.00. The number of aliphatic carboxylic acids is 1. The van der Waals surface area contributed by atoms with Crippen LogP contribution in [0.15, 0.2) is 24.3 Å². The highest BCUT2D eigenvalue weighted by Gasteiger charge is 2.14. The van der Waals surface area contributed by atoms with Gasteiger partial charge in [0, 0.05) is 24.7 Å². The zero-order chi connectivity index (χ0) is 14.0. The number of benzene rings is 1. The van der Waals surface area contributed by atoms with E-state index in [0.717, 1.165) is 22.8 Å². The lowest BCUT2D eigenvalue weighted by Gasteiger charge is -2.04. The van der Waals surface area contributed by atoms with Crippen molar-refractivity contribution in [2.75, 3.05) is 0 Å². The summed E-state index contributed by atoms with van der Waals surface area (Å²) in [4.78, 5) is 15.3. The van der Waals surface area contributed by atoms with Crippen LogP contribution in [-0.4, -0.2) is 20.6 Å². The maximum Gasteiger partial charge on any atom is 0.303 e. The summed E-state index contributed by atoms with van der Waals surface area (Å²) in [7, 11) is 1.93. The molecule has 0 saturated carbocycles. The molecule has 0 fully saturated rings. The minimum atomic E-state index is -0.793. The van der Waals surface area contributed by atoms with E-state index < -0.39 is 5.97 Å². The normalized spacial score (nSPS) is 10.7. The second kappa shape index (κ2) is 5.26. The third-order valence-electron chi connectivity index (χ3n) is 3.44. The number of carboxylic acids is 1. The first-order valence-electron chi connectivity index (χ1n) is 6.30. The van der Waals surface area contributed by atoms with E-state index in [0.29, 0.717) is 6.42 Å². The van der Waals surface area contributed by atoms with E-state index in [4.69, 9.17) is 5.11 Å². The number of aromatic nitrogens is 2. The molecule has 1 aromatic heterocycles. The molecule has 4 nitrogen and oxygen atoms in total. The second-order valence-electron chi connectivity index (χ2n) is 4.73. The Morgan fingerprint density at radius 2 is 2.00 bits per heavy atom. The molecule has 100 valence electrons. The number of rotatable bonds is 4. The maximum atomic E-state index is 10.7. The Morgan fingerprint density at radius 1 is 1.32 bits per heavy atom. The first kappa shape index (κ1) is 13.3. The number of hydrogen-bond donors (Lipinski definition) is 1. The van der Waals surface area contributed by atoms with Crippen LogP contribution >= 0.6 is 0 Å². The van der Waals surface area contributed by atoms with Gasteiger partial charge in [-0.1, -0.05) is 24.3 Å². The number of carbonyl (C=O) groups is 1. The van der Waals surface area contributed by atoms with Crippen molar-refractivity contribution in [1.82, 2.24) is 9.55 Å². The molecule has 2 rings (SSSR count). The minimum absolute atomic E-state index is 0.109. The van der Waals surface area contributed by atoms with Gasteiger partial charge in [0.15, 0.2) is 0 Å². The molecule has 0 unspecified atom stereocenters. The molecular weight excluding hydrogens is 240 g/mol. The highest BCUT2D eigenvalue weighted by atomic mass is 16.4. The predicted octanol–water partition coefficient (Wildman–Crippen LogP) is 2.72. The van der Waals surface area contributed by atoms with Crippen LogP contribution in [0.25, 0.3) is 11.3 Å². The predicted molar refractivity (Wildman–Crippen MR) is 74.1 cm³/mol. The minimum Gasteiger partial charge on any atom is -0.481 e. The number of imidazole rings is 1. The molecule has 1 heterocycles. The SMILES string of the molecule is Cc1ccccc1-c1nc(CCC(=O)O)n(C)c1C. The van der Waals surface area contributed by atoms with Gasteiger partial charge >= 0.3 is 5.97 Å². The third-order valence-corrected chi connectivity index (χ3v) is 3.44. The van der Waals surface area contributed by atoms with Crippen molar-refractivity contribution in [3.05, 3.63) is 41.3 Å². The largest absolute Gasteiger partial charge is 0.481 e. The summed E-state index contributed by atoms with van der Waals surface area (Å²) in [6.07, 6.45) is 0.566. The molecule has 0 aliphatic carbocycles. The molecule has 1 aromatic carbocycles. The summed E-state index contributed by atoms with van der Waals surface area (Å²) >= 11 is 0. The van der Waals surface area contributed by atoms with Crippen molar-refractivity contribution >= 4 is 5.97 Å². The van der Waals surface area contributed by atoms with Crippen LogP contribution in [0.1, 0.15) is 23.5 Å². The van der Waals surface area contributed by atoms with Crippen LogP contribution in [0.2, 0.25) is 0 Å². The van der Waals surface area contributed by atoms with Crippen LogP contribution < -0.4 is 0 Å². The second-order valence-corrected chi connectivity index (χ2v) is 4.73. The fourth-order valence-electron chi connectivity index (χ4n) is 2.17. The van der Waals surface area contributed by atoms with Gasteiger partial charge in [0.2, 0.25) is 0 Å². The lowest BCUT2D eigenvalue weighted by molar-refractivity contribution is -0.137. The van der Waals surface area contributed by atoms with E-state index in [1.165, 1.54) is 5.56 Å². The summed E-state index contributed by atoms with van der Waals surface area (Å²) in [5.41, 5.74) is 4.29. The molecule has 0 atom stereocenters. The number of nitrogens with zero attached hydrogens (tertiary/aromatic N) is 2. The van der Waals surface area contributed by atoms with Crippen molar-refractivity contribution in [3.8, 4) is 11.3 Å². The van der Waals surface area contributed by atoms with Crippen LogP contribution in [0.4, 0.5) is 0 Å². The lowest BCUT2D eigenvalue weighted by atomic mass is 10.1. The fraction of sp³-hybridized carbons (Fsp3) is 0.333. The molecule has 2 aromatic rings. The Labute approximate surface area is 112 Å². The summed E-state index contributed by atoms with van der Waals surface area (Å²) < 4.78 is 1.98. The molecule has 0 saturated heterocycles. The molecule has 0 aliphatic heterocycles. The number of aryl methyl sites for hydroxylation is 2. The van der Waals surface area contributed by atoms with Crippen molar-refractivity contribution < 1.29 is 9.90 Å². The molecule has 0 amide bonds. The van der Waals surface area contributed by atoms with Crippen LogP contribution in [0, 0.1) is 13.8 Å². The third kappa shape index (κ3) is 2.67. The maximum absolute atomic E-state index is 10.7. The van der Waals surface area contributed by atoms with Gasteiger partial charge in [-0.3, -0.25) is 4.79 Å². The van der Waals surface area contributed by atoms with Gasteiger partial charge in [0.1, 0.15) is 5.82 Å². The van der Waals surface area contributed by atoms with Crippen molar-refractivity contribution in [2.45, 2.75) is 26.7 Å². The standard InChI is InChI=1S/C15H18N2O2/c1-10-6-4-5-7-12(10)15-11(2)17(3)13(16-15)8-9-14(18)19/h4-7H,8-9H2,1-3H3,(H,18,19). The number of carboxylic acid groups (broad SMARTS) is 1. The summed E-state index contributed by atoms with van der Waals surface area (Å²) in [6.45, 7) is 4.07. The topological polar surface area (TPSA) is 55.1 Å². The lowest BCUT2D eigenvalue weighted by Crippen LogP contribution is -2.03. The van der Waals surface area contributed by atoms with E-state index in [1.807, 2.05) is 36.7 Å². The molecule has 1 N–H and O–H groups in total. The van der Waals surface area contributed by atoms with Gasteiger partial charge in [0.25, 0.3) is 0 Å². The average Bonchev–Trinajstić information content (AvgIpc) is 2.65. The molecule has 19 heavy (non-hydrogen) atoms. The molecule has 4 heteroatoms. The van der Waals surface area contributed by atoms with E-state index >= 15 is 0 Å². The molecule has 0 bridgehead atoms. The van der Waals surface area contributed by atoms with Crippen molar-refractivity contribution in [1.29, 1.82) is 0 Å². The zero-order valence-electron chi connectivity index (χ0n) is 11.5. The van der Waals surface area contributed by atoms with Gasteiger partial charge in [-0.15, -0.1) is 0 Å². The molecule has 0 radical (unpaired) electrons. The monoisotopic (exact) mass is 258 g/mol. The quantitative estimate of drug-likeness (QED) is 0.917. The molecule has 0 aliphatic rings. The van der Waals surface area contributed by atoms with E-state index in [-0.39, 0.29) is 6.42 Å². The van der Waals surface area contributed by atoms with Crippen molar-refractivity contribution in [2.24, 2.45) is 7.05 Å². The molecular formula is C15H18N2O2. The summed E-state index contributed by atoms with van der Waals surface area (Å²) in [5, 5.41) is 8.77. The summed E-state index contributed by atoms with van der Waals surface area (Å²) in [5.74, 6) is 0.0243. The highest BCUT2D eigenvalue weighted by molar-refractivity contribution is 5.68. The Bertz CT molecular complexity index is 615. The fourth-order valence-corrected chi connectivity index (χ4v) is 2.17. The Hall–Kier alpha value is -2.10. The van der Waals surface area contributed by atoms with Crippen LogP contribution in [0.3, 0.4) is 0 Å². The summed E-state index contributed by atoms with van der Waals surface area (Å²) in [6, 6.07) is 8.10. The Balaban J connectivity index is 2.40. The Kier molecular flexibility index (Phi) is 3.69. The molecule has 0 spiro atoms. The van der Waals surface area contributed by atoms with Crippen molar-refractivity contribution in [3.63, 3.8) is 0 Å². The van der Waals surface area contributed by atoms with E-state index in [2.05, 4.69) is 18.0 Å². The Morgan fingerprint density at radius 3 is 2.63 bits per heavy atom. The van der Waals surface area contributed by atoms with Crippen LogP contribution in [0.5, 0.6) is 0 Å². The average molecular weight is 258 g/mol. The van der Waals surface area contributed by atoms with Crippen LogP contribution in [-0.2, 0) is 18.3 Å². The van der Waals surface area contributed by atoms with Gasteiger partial charge in [-0.05, 0) is 19.4 Å². The van der Waals surface area contributed by atoms with Gasteiger partial charge in [-0.2, -0.15) is 0 Å². The van der Waals surface area contributed by atoms with E-state index in [9.17, 15) is 4.79 Å². The van der Waals surface area contributed by atoms with Gasteiger partial charge in [-0.25, -0.2) is 4.98 Å². The first-order valence-corrected chi connectivity index (χ1v) is 6.30. The smallest absolute Gasteiger partial charge is 0.303 e. The van der Waals surface area contributed by atoms with Gasteiger partial charge in [0.05, 0.1) is 12.1 Å².